The Morgan fingerprint density at radius 1 is 1.42 bits per heavy atom. The van der Waals surface area contributed by atoms with E-state index < -0.39 is 17.8 Å². The normalized spacial score (nSPS) is 12.5. The SMILES string of the molecule is C=C(C)C[C@@H](N)c1ccc(OC)cc1C(F)(F)F.Cl. The topological polar surface area (TPSA) is 35.2 Å². The van der Waals surface area contributed by atoms with Crippen molar-refractivity contribution in [2.75, 3.05) is 7.11 Å². The summed E-state index contributed by atoms with van der Waals surface area (Å²) in [6.45, 7) is 5.39. The summed E-state index contributed by atoms with van der Waals surface area (Å²) in [6, 6.07) is 3.08. The second-order valence-electron chi connectivity index (χ2n) is 4.22. The van der Waals surface area contributed by atoms with Crippen LogP contribution in [0.5, 0.6) is 5.75 Å². The first-order valence-corrected chi connectivity index (χ1v) is 5.40. The molecule has 0 unspecified atom stereocenters. The maximum atomic E-state index is 12.9. The molecule has 1 aromatic rings. The molecule has 0 bridgehead atoms. The Morgan fingerprint density at radius 3 is 2.42 bits per heavy atom. The van der Waals surface area contributed by atoms with E-state index in [1.807, 2.05) is 0 Å². The van der Waals surface area contributed by atoms with Crippen LogP contribution in [0.2, 0.25) is 0 Å². The van der Waals surface area contributed by atoms with Crippen LogP contribution in [0.15, 0.2) is 30.4 Å². The molecule has 0 aliphatic carbocycles. The fourth-order valence-electron chi connectivity index (χ4n) is 1.72. The van der Waals surface area contributed by atoms with E-state index in [0.29, 0.717) is 6.42 Å². The first-order valence-electron chi connectivity index (χ1n) is 5.40. The van der Waals surface area contributed by atoms with Gasteiger partial charge in [-0.25, -0.2) is 0 Å². The number of benzene rings is 1. The minimum Gasteiger partial charge on any atom is -0.497 e. The lowest BCUT2D eigenvalue weighted by atomic mass is 9.96. The van der Waals surface area contributed by atoms with Crippen LogP contribution in [0.25, 0.3) is 0 Å². The van der Waals surface area contributed by atoms with Crippen molar-refractivity contribution in [1.29, 1.82) is 0 Å². The summed E-state index contributed by atoms with van der Waals surface area (Å²) in [5, 5.41) is 0. The van der Waals surface area contributed by atoms with E-state index in [2.05, 4.69) is 6.58 Å². The zero-order chi connectivity index (χ0) is 13.9. The lowest BCUT2D eigenvalue weighted by Crippen LogP contribution is -2.17. The predicted molar refractivity (Wildman–Crippen MR) is 71.6 cm³/mol. The van der Waals surface area contributed by atoms with Gasteiger partial charge >= 0.3 is 6.18 Å². The molecular weight excluding hydrogens is 279 g/mol. The van der Waals surface area contributed by atoms with Crippen LogP contribution >= 0.6 is 12.4 Å². The molecule has 0 aromatic heterocycles. The van der Waals surface area contributed by atoms with Crippen LogP contribution in [0.3, 0.4) is 0 Å². The lowest BCUT2D eigenvalue weighted by molar-refractivity contribution is -0.138. The molecule has 0 radical (unpaired) electrons. The second-order valence-corrected chi connectivity index (χ2v) is 4.22. The summed E-state index contributed by atoms with van der Waals surface area (Å²) >= 11 is 0. The van der Waals surface area contributed by atoms with Crippen molar-refractivity contribution in [2.45, 2.75) is 25.6 Å². The predicted octanol–water partition coefficient (Wildman–Crippen LogP) is 4.10. The summed E-state index contributed by atoms with van der Waals surface area (Å²) < 4.78 is 43.6. The van der Waals surface area contributed by atoms with Gasteiger partial charge in [0.2, 0.25) is 0 Å². The van der Waals surface area contributed by atoms with Gasteiger partial charge in [0.25, 0.3) is 0 Å². The largest absolute Gasteiger partial charge is 0.497 e. The van der Waals surface area contributed by atoms with Gasteiger partial charge < -0.3 is 10.5 Å². The monoisotopic (exact) mass is 295 g/mol. The summed E-state index contributed by atoms with van der Waals surface area (Å²) in [7, 11) is 1.32. The zero-order valence-corrected chi connectivity index (χ0v) is 11.6. The molecule has 2 N–H and O–H groups in total. The van der Waals surface area contributed by atoms with Crippen LogP contribution in [-0.2, 0) is 6.18 Å². The molecule has 0 saturated carbocycles. The fraction of sp³-hybridized carbons (Fsp3) is 0.385. The van der Waals surface area contributed by atoms with Crippen LogP contribution in [0, 0.1) is 0 Å². The van der Waals surface area contributed by atoms with E-state index in [1.54, 1.807) is 6.92 Å². The number of rotatable bonds is 4. The molecule has 0 heterocycles. The van der Waals surface area contributed by atoms with Crippen LogP contribution < -0.4 is 10.5 Å². The average Bonchev–Trinajstić information content (AvgIpc) is 2.26. The third-order valence-electron chi connectivity index (χ3n) is 2.53. The molecule has 0 spiro atoms. The molecule has 0 amide bonds. The number of alkyl halides is 3. The van der Waals surface area contributed by atoms with Crippen molar-refractivity contribution in [2.24, 2.45) is 5.73 Å². The number of ether oxygens (including phenoxy) is 1. The summed E-state index contributed by atoms with van der Waals surface area (Å²) in [5.74, 6) is 0.161. The average molecular weight is 296 g/mol. The molecule has 6 heteroatoms. The zero-order valence-electron chi connectivity index (χ0n) is 10.8. The summed E-state index contributed by atoms with van der Waals surface area (Å²) in [5.41, 5.74) is 5.83. The molecule has 1 atom stereocenters. The quantitative estimate of drug-likeness (QED) is 0.849. The van der Waals surface area contributed by atoms with Crippen LogP contribution in [-0.4, -0.2) is 7.11 Å². The van der Waals surface area contributed by atoms with Gasteiger partial charge in [0, 0.05) is 6.04 Å². The van der Waals surface area contributed by atoms with Crippen molar-refractivity contribution in [3.63, 3.8) is 0 Å². The highest BCUT2D eigenvalue weighted by molar-refractivity contribution is 5.85. The smallest absolute Gasteiger partial charge is 0.416 e. The van der Waals surface area contributed by atoms with E-state index in [-0.39, 0.29) is 23.7 Å². The Morgan fingerprint density at radius 2 is 2.00 bits per heavy atom. The Bertz CT molecular complexity index is 446. The van der Waals surface area contributed by atoms with Gasteiger partial charge in [-0.15, -0.1) is 19.0 Å². The molecule has 0 aliphatic rings. The Balaban J connectivity index is 0.00000324. The van der Waals surface area contributed by atoms with Gasteiger partial charge in [-0.1, -0.05) is 11.6 Å². The minimum atomic E-state index is -4.45. The Labute approximate surface area is 116 Å². The van der Waals surface area contributed by atoms with Gasteiger partial charge in [-0.3, -0.25) is 0 Å². The van der Waals surface area contributed by atoms with E-state index in [9.17, 15) is 13.2 Å². The molecular formula is C13H17ClF3NO. The molecule has 19 heavy (non-hydrogen) atoms. The molecule has 0 fully saturated rings. The van der Waals surface area contributed by atoms with Crippen molar-refractivity contribution in [3.05, 3.63) is 41.5 Å². The Hall–Kier alpha value is -1.20. The van der Waals surface area contributed by atoms with E-state index >= 15 is 0 Å². The molecule has 1 rings (SSSR count). The number of hydrogen-bond donors (Lipinski definition) is 1. The van der Waals surface area contributed by atoms with Gasteiger partial charge in [-0.2, -0.15) is 13.2 Å². The Kier molecular flexibility index (Phi) is 6.39. The molecule has 0 saturated heterocycles. The minimum absolute atomic E-state index is 0. The summed E-state index contributed by atoms with van der Waals surface area (Å²) in [6.07, 6.45) is -4.13. The molecule has 2 nitrogen and oxygen atoms in total. The van der Waals surface area contributed by atoms with Crippen molar-refractivity contribution in [1.82, 2.24) is 0 Å². The highest BCUT2D eigenvalue weighted by atomic mass is 35.5. The molecule has 1 aromatic carbocycles. The lowest BCUT2D eigenvalue weighted by Gasteiger charge is -2.19. The van der Waals surface area contributed by atoms with Crippen LogP contribution in [0.1, 0.15) is 30.5 Å². The van der Waals surface area contributed by atoms with E-state index in [1.165, 1.54) is 19.2 Å². The van der Waals surface area contributed by atoms with Gasteiger partial charge in [0.05, 0.1) is 12.7 Å². The number of halogens is 4. The first-order chi connectivity index (χ1) is 8.25. The van der Waals surface area contributed by atoms with E-state index in [0.717, 1.165) is 11.6 Å². The van der Waals surface area contributed by atoms with Crippen molar-refractivity contribution < 1.29 is 17.9 Å². The standard InChI is InChI=1S/C13H16F3NO.ClH/c1-8(2)6-12(17)10-5-4-9(18-3)7-11(10)13(14,15)16;/h4-5,7,12H,1,6,17H2,2-3H3;1H/t12-;/m1./s1. The summed E-state index contributed by atoms with van der Waals surface area (Å²) in [4.78, 5) is 0. The fourth-order valence-corrected chi connectivity index (χ4v) is 1.72. The third kappa shape index (κ3) is 4.76. The molecule has 108 valence electrons. The number of methoxy groups -OCH3 is 1. The van der Waals surface area contributed by atoms with Gasteiger partial charge in [-0.05, 0) is 31.0 Å². The van der Waals surface area contributed by atoms with Crippen LogP contribution in [0.4, 0.5) is 13.2 Å². The number of hydrogen-bond acceptors (Lipinski definition) is 2. The highest BCUT2D eigenvalue weighted by Gasteiger charge is 2.35. The van der Waals surface area contributed by atoms with Gasteiger partial charge in [0.15, 0.2) is 0 Å². The second kappa shape index (κ2) is 6.82. The maximum Gasteiger partial charge on any atom is 0.416 e. The van der Waals surface area contributed by atoms with E-state index in [4.69, 9.17) is 10.5 Å². The third-order valence-corrected chi connectivity index (χ3v) is 2.53. The van der Waals surface area contributed by atoms with Crippen molar-refractivity contribution >= 4 is 12.4 Å². The number of nitrogens with two attached hydrogens (primary N) is 1. The van der Waals surface area contributed by atoms with Gasteiger partial charge in [0.1, 0.15) is 5.75 Å². The first kappa shape index (κ1) is 17.8. The highest BCUT2D eigenvalue weighted by Crippen LogP contribution is 2.37. The van der Waals surface area contributed by atoms with Crippen molar-refractivity contribution in [3.8, 4) is 5.75 Å². The maximum absolute atomic E-state index is 12.9. The molecule has 0 aliphatic heterocycles.